The van der Waals surface area contributed by atoms with E-state index < -0.39 is 5.91 Å². The van der Waals surface area contributed by atoms with Gasteiger partial charge in [-0.1, -0.05) is 23.2 Å². The molecule has 1 heterocycles. The molecular weight excluding hydrogens is 518 g/mol. The van der Waals surface area contributed by atoms with Gasteiger partial charge in [0.2, 0.25) is 0 Å². The van der Waals surface area contributed by atoms with E-state index in [0.29, 0.717) is 15.8 Å². The number of carbonyl (C=O) groups excluding carboxylic acids is 1. The van der Waals surface area contributed by atoms with Gasteiger partial charge >= 0.3 is 0 Å². The number of rotatable bonds is 3. The van der Waals surface area contributed by atoms with Crippen LogP contribution in [-0.4, -0.2) is 11.0 Å². The molecule has 4 nitrogen and oxygen atoms in total. The van der Waals surface area contributed by atoms with Crippen LogP contribution in [-0.2, 0) is 0 Å². The number of anilines is 1. The molecule has 0 saturated carbocycles. The number of carbonyl (C=O) groups is 1. The van der Waals surface area contributed by atoms with Crippen molar-refractivity contribution >= 4 is 74.7 Å². The van der Waals surface area contributed by atoms with E-state index in [9.17, 15) is 4.79 Å². The Labute approximate surface area is 185 Å². The Morgan fingerprint density at radius 2 is 1.85 bits per heavy atom. The number of aryl methyl sites for hydroxylation is 1. The molecule has 3 rings (SSSR count). The lowest BCUT2D eigenvalue weighted by Gasteiger charge is -2.11. The molecule has 0 radical (unpaired) electrons. The summed E-state index contributed by atoms with van der Waals surface area (Å²) in [7, 11) is 0. The monoisotopic (exact) mass is 530 g/mol. The van der Waals surface area contributed by atoms with E-state index in [1.54, 1.807) is 30.3 Å². The maximum Gasteiger partial charge on any atom is 0.293 e. The maximum absolute atomic E-state index is 12.4. The minimum absolute atomic E-state index is 0.138. The highest BCUT2D eigenvalue weighted by molar-refractivity contribution is 14.1. The first-order valence-corrected chi connectivity index (χ1v) is 10.0. The molecule has 3 aromatic rings. The largest absolute Gasteiger partial charge is 0.451 e. The molecule has 0 saturated heterocycles. The summed E-state index contributed by atoms with van der Waals surface area (Å²) in [6, 6.07) is 14.3. The average Bonchev–Trinajstić information content (AvgIpc) is 3.10. The van der Waals surface area contributed by atoms with Crippen molar-refractivity contribution in [3.63, 3.8) is 0 Å². The van der Waals surface area contributed by atoms with Gasteiger partial charge in [0.1, 0.15) is 5.76 Å². The summed E-state index contributed by atoms with van der Waals surface area (Å²) in [4.78, 5) is 12.4. The number of halogens is 3. The van der Waals surface area contributed by atoms with E-state index in [-0.39, 0.29) is 10.9 Å². The first-order valence-electron chi connectivity index (χ1n) is 7.77. The molecule has 0 fully saturated rings. The van der Waals surface area contributed by atoms with Crippen molar-refractivity contribution in [2.45, 2.75) is 6.92 Å². The van der Waals surface area contributed by atoms with Gasteiger partial charge in [-0.2, -0.15) is 0 Å². The van der Waals surface area contributed by atoms with Crippen molar-refractivity contribution in [2.24, 2.45) is 0 Å². The van der Waals surface area contributed by atoms with Gasteiger partial charge in [0, 0.05) is 14.8 Å². The zero-order valence-corrected chi connectivity index (χ0v) is 18.5. The Morgan fingerprint density at radius 3 is 2.56 bits per heavy atom. The molecule has 0 aliphatic rings. The highest BCUT2D eigenvalue weighted by Crippen LogP contribution is 2.29. The van der Waals surface area contributed by atoms with E-state index in [1.165, 1.54) is 0 Å². The standard InChI is InChI=1S/C19H13Cl2IN2O2S/c1-10-8-12(22)3-5-15(10)23-19(27)24-18(25)17-7-6-16(26-17)11-2-4-13(20)14(21)9-11/h2-9H,1H3,(H2,23,24,25,27). The first kappa shape index (κ1) is 20.1. The zero-order valence-electron chi connectivity index (χ0n) is 14.0. The molecular formula is C19H13Cl2IN2O2S. The van der Waals surface area contributed by atoms with Gasteiger partial charge < -0.3 is 9.73 Å². The van der Waals surface area contributed by atoms with E-state index in [0.717, 1.165) is 20.4 Å². The fraction of sp³-hybridized carbons (Fsp3) is 0.0526. The Balaban J connectivity index is 1.68. The van der Waals surface area contributed by atoms with E-state index >= 15 is 0 Å². The number of furan rings is 1. The van der Waals surface area contributed by atoms with Gasteiger partial charge in [-0.15, -0.1) is 0 Å². The van der Waals surface area contributed by atoms with Crippen molar-refractivity contribution < 1.29 is 9.21 Å². The first-order chi connectivity index (χ1) is 12.8. The molecule has 2 aromatic carbocycles. The van der Waals surface area contributed by atoms with Gasteiger partial charge in [-0.3, -0.25) is 10.1 Å². The van der Waals surface area contributed by atoms with Crippen molar-refractivity contribution in [1.82, 2.24) is 5.32 Å². The third-order valence-corrected chi connectivity index (χ3v) is 5.31. The summed E-state index contributed by atoms with van der Waals surface area (Å²) in [5, 5.41) is 6.68. The van der Waals surface area contributed by atoms with Crippen LogP contribution in [0.3, 0.4) is 0 Å². The summed E-state index contributed by atoms with van der Waals surface area (Å²) in [6.07, 6.45) is 0. The summed E-state index contributed by atoms with van der Waals surface area (Å²) in [6.45, 7) is 1.96. The molecule has 0 bridgehead atoms. The second-order valence-corrected chi connectivity index (χ2v) is 8.13. The molecule has 0 aliphatic carbocycles. The highest BCUT2D eigenvalue weighted by Gasteiger charge is 2.15. The van der Waals surface area contributed by atoms with Crippen LogP contribution in [0.15, 0.2) is 52.9 Å². The molecule has 1 aromatic heterocycles. The molecule has 8 heteroatoms. The van der Waals surface area contributed by atoms with E-state index in [4.69, 9.17) is 39.8 Å². The molecule has 2 N–H and O–H groups in total. The van der Waals surface area contributed by atoms with Crippen molar-refractivity contribution in [3.8, 4) is 11.3 Å². The van der Waals surface area contributed by atoms with E-state index in [1.807, 2.05) is 25.1 Å². The second kappa shape index (κ2) is 8.60. The third-order valence-electron chi connectivity index (χ3n) is 3.70. The smallest absolute Gasteiger partial charge is 0.293 e. The second-order valence-electron chi connectivity index (χ2n) is 5.66. The number of hydrogen-bond acceptors (Lipinski definition) is 3. The van der Waals surface area contributed by atoms with Crippen LogP contribution in [0.2, 0.25) is 10.0 Å². The molecule has 27 heavy (non-hydrogen) atoms. The number of benzene rings is 2. The van der Waals surface area contributed by atoms with Crippen molar-refractivity contribution in [1.29, 1.82) is 0 Å². The predicted octanol–water partition coefficient (Wildman–Crippen LogP) is 6.29. The fourth-order valence-corrected chi connectivity index (χ4v) is 3.50. The van der Waals surface area contributed by atoms with Crippen LogP contribution in [0.5, 0.6) is 0 Å². The number of thiocarbonyl (C=S) groups is 1. The van der Waals surface area contributed by atoms with Gasteiger partial charge in [0.05, 0.1) is 10.0 Å². The average molecular weight is 531 g/mol. The van der Waals surface area contributed by atoms with Crippen LogP contribution in [0.25, 0.3) is 11.3 Å². The lowest BCUT2D eigenvalue weighted by atomic mass is 10.2. The Bertz CT molecular complexity index is 1040. The summed E-state index contributed by atoms with van der Waals surface area (Å²) < 4.78 is 6.74. The van der Waals surface area contributed by atoms with Crippen LogP contribution in [0, 0.1) is 10.5 Å². The third kappa shape index (κ3) is 5.01. The molecule has 0 spiro atoms. The number of hydrogen-bond donors (Lipinski definition) is 2. The Morgan fingerprint density at radius 1 is 1.07 bits per heavy atom. The normalized spacial score (nSPS) is 10.5. The minimum Gasteiger partial charge on any atom is -0.451 e. The van der Waals surface area contributed by atoms with Crippen LogP contribution in [0.1, 0.15) is 16.1 Å². The fourth-order valence-electron chi connectivity index (χ4n) is 2.35. The van der Waals surface area contributed by atoms with E-state index in [2.05, 4.69) is 33.2 Å². The maximum atomic E-state index is 12.4. The highest BCUT2D eigenvalue weighted by atomic mass is 127. The minimum atomic E-state index is -0.443. The lowest BCUT2D eigenvalue weighted by Crippen LogP contribution is -2.34. The van der Waals surface area contributed by atoms with Crippen molar-refractivity contribution in [3.05, 3.63) is 73.5 Å². The van der Waals surface area contributed by atoms with Gasteiger partial charge in [-0.05, 0) is 95.8 Å². The number of nitrogens with one attached hydrogen (secondary N) is 2. The SMILES string of the molecule is Cc1cc(I)ccc1NC(=S)NC(=O)c1ccc(-c2ccc(Cl)c(Cl)c2)o1. The predicted molar refractivity (Wildman–Crippen MR) is 122 cm³/mol. The van der Waals surface area contributed by atoms with Crippen LogP contribution >= 0.6 is 58.0 Å². The molecule has 0 unspecified atom stereocenters. The number of amides is 1. The van der Waals surface area contributed by atoms with Gasteiger partial charge in [-0.25, -0.2) is 0 Å². The summed E-state index contributed by atoms with van der Waals surface area (Å²) >= 11 is 19.4. The molecule has 1 amide bonds. The molecule has 0 atom stereocenters. The Kier molecular flexibility index (Phi) is 6.41. The lowest BCUT2D eigenvalue weighted by molar-refractivity contribution is 0.0951. The quantitative estimate of drug-likeness (QED) is 0.308. The summed E-state index contributed by atoms with van der Waals surface area (Å²) in [5.74, 6) is 0.201. The Hall–Kier alpha value is -1.61. The zero-order chi connectivity index (χ0) is 19.6. The topological polar surface area (TPSA) is 54.3 Å². The van der Waals surface area contributed by atoms with Crippen LogP contribution in [0.4, 0.5) is 5.69 Å². The van der Waals surface area contributed by atoms with Crippen LogP contribution < -0.4 is 10.6 Å². The molecule has 138 valence electrons. The summed E-state index contributed by atoms with van der Waals surface area (Å²) in [5.41, 5.74) is 2.58. The molecule has 0 aliphatic heterocycles. The van der Waals surface area contributed by atoms with Gasteiger partial charge in [0.25, 0.3) is 5.91 Å². The van der Waals surface area contributed by atoms with Crippen molar-refractivity contribution in [2.75, 3.05) is 5.32 Å². The van der Waals surface area contributed by atoms with Gasteiger partial charge in [0.15, 0.2) is 10.9 Å².